The molecule has 8 heteroatoms. The first kappa shape index (κ1) is 19.6. The summed E-state index contributed by atoms with van der Waals surface area (Å²) < 4.78 is 6.89. The van der Waals surface area contributed by atoms with E-state index in [4.69, 9.17) is 4.74 Å². The van der Waals surface area contributed by atoms with Gasteiger partial charge < -0.3 is 24.6 Å². The number of nitrogens with one attached hydrogen (secondary N) is 1. The standard InChI is InChI=1S/C19H27N3O5/c1-3-27-11-17(24)20-8-16-14-7-13(9-21(10-14)19(26)12(2)23)15-5-4-6-18(25)22(15)16/h4-6,12-14,16,23H,3,7-11H2,1-2H3,(H,20,24)/t12-,13-,14+,16+/m1/s1. The molecule has 1 aromatic rings. The van der Waals surface area contributed by atoms with Gasteiger partial charge in [0.25, 0.3) is 11.5 Å². The van der Waals surface area contributed by atoms with Crippen LogP contribution in [0.5, 0.6) is 0 Å². The van der Waals surface area contributed by atoms with E-state index in [1.807, 2.05) is 13.0 Å². The fourth-order valence-corrected chi connectivity index (χ4v) is 4.21. The highest BCUT2D eigenvalue weighted by molar-refractivity contribution is 5.80. The Kier molecular flexibility index (Phi) is 5.96. The van der Waals surface area contributed by atoms with Crippen molar-refractivity contribution in [2.45, 2.75) is 38.3 Å². The first-order chi connectivity index (χ1) is 12.9. The Balaban J connectivity index is 1.85. The second-order valence-electron chi connectivity index (χ2n) is 7.28. The number of aromatic nitrogens is 1. The second-order valence-corrected chi connectivity index (χ2v) is 7.28. The molecule has 2 amide bonds. The molecule has 8 nitrogen and oxygen atoms in total. The van der Waals surface area contributed by atoms with Crippen molar-refractivity contribution in [2.24, 2.45) is 5.92 Å². The zero-order valence-electron chi connectivity index (χ0n) is 15.8. The van der Waals surface area contributed by atoms with Crippen LogP contribution in [-0.2, 0) is 14.3 Å². The van der Waals surface area contributed by atoms with E-state index in [1.165, 1.54) is 13.0 Å². The van der Waals surface area contributed by atoms with Crippen LogP contribution in [0.4, 0.5) is 0 Å². The summed E-state index contributed by atoms with van der Waals surface area (Å²) in [6.45, 7) is 4.99. The highest BCUT2D eigenvalue weighted by Crippen LogP contribution is 2.40. The Bertz CT molecular complexity index is 760. The average molecular weight is 377 g/mol. The van der Waals surface area contributed by atoms with Crippen molar-refractivity contribution < 1.29 is 19.4 Å². The molecule has 3 heterocycles. The van der Waals surface area contributed by atoms with Gasteiger partial charge >= 0.3 is 0 Å². The van der Waals surface area contributed by atoms with Crippen LogP contribution in [0, 0.1) is 5.92 Å². The molecule has 1 aromatic heterocycles. The molecule has 148 valence electrons. The number of likely N-dealkylation sites (tertiary alicyclic amines) is 1. The van der Waals surface area contributed by atoms with Crippen LogP contribution in [0.1, 0.15) is 37.9 Å². The molecule has 4 atom stereocenters. The van der Waals surface area contributed by atoms with Crippen molar-refractivity contribution in [3.63, 3.8) is 0 Å². The number of rotatable bonds is 6. The summed E-state index contributed by atoms with van der Waals surface area (Å²) in [6, 6.07) is 4.93. The van der Waals surface area contributed by atoms with Gasteiger partial charge in [-0.25, -0.2) is 0 Å². The van der Waals surface area contributed by atoms with Gasteiger partial charge in [-0.1, -0.05) is 6.07 Å². The number of aliphatic hydroxyl groups is 1. The molecular weight excluding hydrogens is 350 g/mol. The van der Waals surface area contributed by atoms with E-state index in [-0.39, 0.29) is 41.9 Å². The summed E-state index contributed by atoms with van der Waals surface area (Å²) in [5, 5.41) is 12.5. The highest BCUT2D eigenvalue weighted by atomic mass is 16.5. The van der Waals surface area contributed by atoms with Gasteiger partial charge in [-0.2, -0.15) is 0 Å². The molecule has 0 unspecified atom stereocenters. The van der Waals surface area contributed by atoms with Gasteiger partial charge in [0.15, 0.2) is 0 Å². The van der Waals surface area contributed by atoms with Gasteiger partial charge in [-0.3, -0.25) is 14.4 Å². The van der Waals surface area contributed by atoms with Gasteiger partial charge in [-0.15, -0.1) is 0 Å². The summed E-state index contributed by atoms with van der Waals surface area (Å²) >= 11 is 0. The zero-order chi connectivity index (χ0) is 19.6. The second kappa shape index (κ2) is 8.22. The summed E-state index contributed by atoms with van der Waals surface area (Å²) in [4.78, 5) is 38.5. The first-order valence-corrected chi connectivity index (χ1v) is 9.45. The number of carbonyl (C=O) groups is 2. The number of fused-ring (bicyclic) bond motifs is 4. The Hall–Kier alpha value is -2.19. The summed E-state index contributed by atoms with van der Waals surface area (Å²) in [5.41, 5.74) is 0.785. The predicted molar refractivity (Wildman–Crippen MR) is 98.4 cm³/mol. The zero-order valence-corrected chi connectivity index (χ0v) is 15.8. The van der Waals surface area contributed by atoms with Gasteiger partial charge in [-0.05, 0) is 32.3 Å². The van der Waals surface area contributed by atoms with E-state index in [9.17, 15) is 19.5 Å². The Labute approximate surface area is 158 Å². The average Bonchev–Trinajstić information content (AvgIpc) is 2.65. The Morgan fingerprint density at radius 3 is 2.85 bits per heavy atom. The third-order valence-electron chi connectivity index (χ3n) is 5.41. The van der Waals surface area contributed by atoms with E-state index >= 15 is 0 Å². The minimum Gasteiger partial charge on any atom is -0.384 e. The summed E-state index contributed by atoms with van der Waals surface area (Å²) in [7, 11) is 0. The van der Waals surface area contributed by atoms with Gasteiger partial charge in [0.05, 0.1) is 6.04 Å². The molecule has 2 N–H and O–H groups in total. The summed E-state index contributed by atoms with van der Waals surface area (Å²) in [5.74, 6) is -0.435. The Morgan fingerprint density at radius 1 is 1.37 bits per heavy atom. The lowest BCUT2D eigenvalue weighted by atomic mass is 9.78. The molecule has 0 saturated carbocycles. The molecule has 0 aliphatic carbocycles. The number of nitrogens with zero attached hydrogens (tertiary/aromatic N) is 2. The largest absolute Gasteiger partial charge is 0.384 e. The number of amides is 2. The number of pyridine rings is 1. The smallest absolute Gasteiger partial charge is 0.251 e. The third-order valence-corrected chi connectivity index (χ3v) is 5.41. The number of carbonyl (C=O) groups excluding carboxylic acids is 2. The highest BCUT2D eigenvalue weighted by Gasteiger charge is 2.42. The van der Waals surface area contributed by atoms with E-state index in [0.717, 1.165) is 12.1 Å². The Morgan fingerprint density at radius 2 is 2.15 bits per heavy atom. The van der Waals surface area contributed by atoms with Crippen molar-refractivity contribution >= 4 is 11.8 Å². The van der Waals surface area contributed by atoms with Crippen molar-refractivity contribution in [3.8, 4) is 0 Å². The summed E-state index contributed by atoms with van der Waals surface area (Å²) in [6.07, 6.45) is -0.204. The van der Waals surface area contributed by atoms with Crippen LogP contribution >= 0.6 is 0 Å². The molecule has 2 aliphatic heterocycles. The number of aliphatic hydroxyl groups excluding tert-OH is 1. The molecule has 2 aliphatic rings. The lowest BCUT2D eigenvalue weighted by molar-refractivity contribution is -0.142. The van der Waals surface area contributed by atoms with Gasteiger partial charge in [0.2, 0.25) is 5.91 Å². The fourth-order valence-electron chi connectivity index (χ4n) is 4.21. The van der Waals surface area contributed by atoms with Crippen LogP contribution in [0.2, 0.25) is 0 Å². The van der Waals surface area contributed by atoms with Crippen LogP contribution in [0.3, 0.4) is 0 Å². The van der Waals surface area contributed by atoms with E-state index in [2.05, 4.69) is 5.32 Å². The van der Waals surface area contributed by atoms with E-state index in [0.29, 0.717) is 26.2 Å². The van der Waals surface area contributed by atoms with E-state index < -0.39 is 6.10 Å². The third kappa shape index (κ3) is 4.06. The normalized spacial score (nSPS) is 24.9. The van der Waals surface area contributed by atoms with Crippen molar-refractivity contribution in [3.05, 3.63) is 34.2 Å². The van der Waals surface area contributed by atoms with Gasteiger partial charge in [0, 0.05) is 43.9 Å². The number of hydrogen-bond donors (Lipinski definition) is 2. The van der Waals surface area contributed by atoms with Crippen molar-refractivity contribution in [1.82, 2.24) is 14.8 Å². The number of ether oxygens (including phenoxy) is 1. The topological polar surface area (TPSA) is 101 Å². The maximum atomic E-state index is 12.6. The maximum absolute atomic E-state index is 12.6. The molecule has 1 saturated heterocycles. The molecule has 0 aromatic carbocycles. The van der Waals surface area contributed by atoms with Crippen LogP contribution < -0.4 is 10.9 Å². The number of hydrogen-bond acceptors (Lipinski definition) is 5. The monoisotopic (exact) mass is 377 g/mol. The predicted octanol–water partition coefficient (Wildman–Crippen LogP) is -0.131. The van der Waals surface area contributed by atoms with E-state index in [1.54, 1.807) is 15.5 Å². The lowest BCUT2D eigenvalue weighted by Crippen LogP contribution is -2.54. The van der Waals surface area contributed by atoms with Crippen LogP contribution in [0.25, 0.3) is 0 Å². The lowest BCUT2D eigenvalue weighted by Gasteiger charge is -2.47. The molecule has 0 radical (unpaired) electrons. The fraction of sp³-hybridized carbons (Fsp3) is 0.632. The van der Waals surface area contributed by atoms with Gasteiger partial charge in [0.1, 0.15) is 12.7 Å². The van der Waals surface area contributed by atoms with Crippen molar-refractivity contribution in [1.29, 1.82) is 0 Å². The number of piperidine rings is 1. The minimum atomic E-state index is -1.05. The molecule has 0 spiro atoms. The van der Waals surface area contributed by atoms with Crippen LogP contribution in [0.15, 0.2) is 23.0 Å². The molecular formula is C19H27N3O5. The quantitative estimate of drug-likeness (QED) is 0.719. The minimum absolute atomic E-state index is 0.0142. The van der Waals surface area contributed by atoms with Crippen molar-refractivity contribution in [2.75, 3.05) is 32.8 Å². The van der Waals surface area contributed by atoms with Crippen LogP contribution in [-0.4, -0.2) is 65.3 Å². The molecule has 3 rings (SSSR count). The molecule has 1 fully saturated rings. The SMILES string of the molecule is CCOCC(=O)NC[C@H]1[C@H]2C[C@H](CN(C(=O)[C@@H](C)O)C2)c2cccc(=O)n21. The maximum Gasteiger partial charge on any atom is 0.251 e. The molecule has 27 heavy (non-hydrogen) atoms. The first-order valence-electron chi connectivity index (χ1n) is 9.45. The molecule has 2 bridgehead atoms.